The van der Waals surface area contributed by atoms with E-state index in [0.29, 0.717) is 5.69 Å². The molecule has 0 saturated carbocycles. The SMILES string of the molecule is CCc1c(C)nc2cc(-c3cc(C)on3)nn2c1NCCc1ccccn1. The van der Waals surface area contributed by atoms with E-state index in [0.717, 1.165) is 59.3 Å². The lowest BCUT2D eigenvalue weighted by Gasteiger charge is -2.14. The molecule has 0 saturated heterocycles. The van der Waals surface area contributed by atoms with Crippen LogP contribution in [0, 0.1) is 13.8 Å². The maximum Gasteiger partial charge on any atom is 0.158 e. The Morgan fingerprint density at radius 1 is 1.15 bits per heavy atom. The van der Waals surface area contributed by atoms with E-state index in [1.165, 1.54) is 0 Å². The van der Waals surface area contributed by atoms with Crippen molar-refractivity contribution < 1.29 is 4.52 Å². The smallest absolute Gasteiger partial charge is 0.158 e. The van der Waals surface area contributed by atoms with Crippen LogP contribution in [0.1, 0.15) is 29.6 Å². The predicted molar refractivity (Wildman–Crippen MR) is 104 cm³/mol. The second-order valence-electron chi connectivity index (χ2n) is 6.50. The van der Waals surface area contributed by atoms with Crippen molar-refractivity contribution in [2.45, 2.75) is 33.6 Å². The number of fused-ring (bicyclic) bond motifs is 1. The topological polar surface area (TPSA) is 81.1 Å². The van der Waals surface area contributed by atoms with Gasteiger partial charge in [-0.3, -0.25) is 4.98 Å². The predicted octanol–water partition coefficient (Wildman–Crippen LogP) is 3.61. The largest absolute Gasteiger partial charge is 0.369 e. The number of nitrogens with one attached hydrogen (secondary N) is 1. The van der Waals surface area contributed by atoms with Gasteiger partial charge in [0, 0.05) is 48.2 Å². The highest BCUT2D eigenvalue weighted by Gasteiger charge is 2.16. The van der Waals surface area contributed by atoms with E-state index in [9.17, 15) is 0 Å². The average molecular weight is 362 g/mol. The van der Waals surface area contributed by atoms with Crippen molar-refractivity contribution in [3.63, 3.8) is 0 Å². The Kier molecular flexibility index (Phi) is 4.58. The Morgan fingerprint density at radius 2 is 2.04 bits per heavy atom. The summed E-state index contributed by atoms with van der Waals surface area (Å²) in [5.41, 5.74) is 5.49. The van der Waals surface area contributed by atoms with Gasteiger partial charge in [-0.25, -0.2) is 4.98 Å². The summed E-state index contributed by atoms with van der Waals surface area (Å²) in [6.07, 6.45) is 3.53. The van der Waals surface area contributed by atoms with Crippen molar-refractivity contribution >= 4 is 11.5 Å². The number of anilines is 1. The van der Waals surface area contributed by atoms with E-state index in [1.807, 2.05) is 54.9 Å². The summed E-state index contributed by atoms with van der Waals surface area (Å²) in [6.45, 7) is 6.80. The lowest BCUT2D eigenvalue weighted by Crippen LogP contribution is -2.14. The van der Waals surface area contributed by atoms with Crippen LogP contribution in [0.3, 0.4) is 0 Å². The Bertz CT molecular complexity index is 1070. The van der Waals surface area contributed by atoms with Crippen molar-refractivity contribution in [1.29, 1.82) is 0 Å². The fraction of sp³-hybridized carbons (Fsp3) is 0.300. The molecule has 4 rings (SSSR count). The summed E-state index contributed by atoms with van der Waals surface area (Å²) in [7, 11) is 0. The van der Waals surface area contributed by atoms with Gasteiger partial charge in [0.25, 0.3) is 0 Å². The fourth-order valence-electron chi connectivity index (χ4n) is 3.23. The number of pyridine rings is 1. The number of aromatic nitrogens is 5. The molecule has 0 aliphatic heterocycles. The van der Waals surface area contributed by atoms with Gasteiger partial charge in [-0.15, -0.1) is 0 Å². The van der Waals surface area contributed by atoms with Crippen molar-refractivity contribution in [2.75, 3.05) is 11.9 Å². The van der Waals surface area contributed by atoms with Gasteiger partial charge in [0.1, 0.15) is 23.0 Å². The maximum absolute atomic E-state index is 5.19. The van der Waals surface area contributed by atoms with Crippen LogP contribution in [0.4, 0.5) is 5.82 Å². The number of hydrogen-bond donors (Lipinski definition) is 1. The molecule has 0 amide bonds. The van der Waals surface area contributed by atoms with Gasteiger partial charge in [-0.2, -0.15) is 9.61 Å². The summed E-state index contributed by atoms with van der Waals surface area (Å²) in [6, 6.07) is 9.79. The molecule has 0 aromatic carbocycles. The molecule has 0 fully saturated rings. The average Bonchev–Trinajstić information content (AvgIpc) is 3.28. The molecule has 0 radical (unpaired) electrons. The highest BCUT2D eigenvalue weighted by Crippen LogP contribution is 2.25. The first-order valence-electron chi connectivity index (χ1n) is 9.12. The monoisotopic (exact) mass is 362 g/mol. The molecule has 7 heteroatoms. The van der Waals surface area contributed by atoms with E-state index in [-0.39, 0.29) is 0 Å². The summed E-state index contributed by atoms with van der Waals surface area (Å²) in [4.78, 5) is 9.10. The van der Waals surface area contributed by atoms with Gasteiger partial charge in [0.2, 0.25) is 0 Å². The zero-order valence-electron chi connectivity index (χ0n) is 15.7. The molecule has 4 aromatic heterocycles. The Balaban J connectivity index is 1.69. The van der Waals surface area contributed by atoms with E-state index < -0.39 is 0 Å². The molecule has 0 aliphatic rings. The van der Waals surface area contributed by atoms with E-state index in [2.05, 4.69) is 22.4 Å². The van der Waals surface area contributed by atoms with Crippen LogP contribution in [0.25, 0.3) is 17.0 Å². The zero-order valence-corrected chi connectivity index (χ0v) is 15.7. The zero-order chi connectivity index (χ0) is 18.8. The second-order valence-corrected chi connectivity index (χ2v) is 6.50. The van der Waals surface area contributed by atoms with Gasteiger partial charge in [0.15, 0.2) is 5.65 Å². The minimum Gasteiger partial charge on any atom is -0.369 e. The lowest BCUT2D eigenvalue weighted by molar-refractivity contribution is 0.399. The molecule has 7 nitrogen and oxygen atoms in total. The van der Waals surface area contributed by atoms with E-state index >= 15 is 0 Å². The number of rotatable bonds is 6. The molecule has 0 atom stereocenters. The fourth-order valence-corrected chi connectivity index (χ4v) is 3.23. The summed E-state index contributed by atoms with van der Waals surface area (Å²) >= 11 is 0. The normalized spacial score (nSPS) is 11.2. The van der Waals surface area contributed by atoms with Crippen LogP contribution in [-0.2, 0) is 12.8 Å². The summed E-state index contributed by atoms with van der Waals surface area (Å²) in [5.74, 6) is 1.73. The Hall–Kier alpha value is -3.22. The van der Waals surface area contributed by atoms with Crippen LogP contribution in [0.5, 0.6) is 0 Å². The van der Waals surface area contributed by atoms with Gasteiger partial charge in [-0.1, -0.05) is 18.1 Å². The van der Waals surface area contributed by atoms with Crippen LogP contribution in [0.2, 0.25) is 0 Å². The molecule has 0 unspecified atom stereocenters. The molecule has 27 heavy (non-hydrogen) atoms. The van der Waals surface area contributed by atoms with Gasteiger partial charge >= 0.3 is 0 Å². The third-order valence-electron chi connectivity index (χ3n) is 4.55. The van der Waals surface area contributed by atoms with Crippen molar-refractivity contribution in [2.24, 2.45) is 0 Å². The third kappa shape index (κ3) is 3.40. The van der Waals surface area contributed by atoms with Crippen molar-refractivity contribution in [3.05, 3.63) is 59.2 Å². The quantitative estimate of drug-likeness (QED) is 0.564. The van der Waals surface area contributed by atoms with Gasteiger partial charge in [0.05, 0.1) is 0 Å². The van der Waals surface area contributed by atoms with Crippen LogP contribution < -0.4 is 5.32 Å². The van der Waals surface area contributed by atoms with E-state index in [1.54, 1.807) is 0 Å². The van der Waals surface area contributed by atoms with Gasteiger partial charge in [-0.05, 0) is 32.4 Å². The lowest BCUT2D eigenvalue weighted by atomic mass is 10.1. The first kappa shape index (κ1) is 17.2. The molecule has 138 valence electrons. The molecule has 4 aromatic rings. The Labute approximate surface area is 157 Å². The minimum absolute atomic E-state index is 0.716. The highest BCUT2D eigenvalue weighted by atomic mass is 16.5. The molecule has 0 aliphatic carbocycles. The third-order valence-corrected chi connectivity index (χ3v) is 4.55. The first-order chi connectivity index (χ1) is 13.2. The number of aryl methyl sites for hydroxylation is 2. The van der Waals surface area contributed by atoms with Crippen molar-refractivity contribution in [1.82, 2.24) is 24.7 Å². The molecule has 0 bridgehead atoms. The molecular formula is C20H22N6O. The van der Waals surface area contributed by atoms with Crippen LogP contribution >= 0.6 is 0 Å². The first-order valence-corrected chi connectivity index (χ1v) is 9.12. The molecule has 0 spiro atoms. The molecule has 1 N–H and O–H groups in total. The standard InChI is InChI=1S/C20H22N6O/c1-4-16-14(3)23-19-12-17(18-11-13(2)27-25-18)24-26(19)20(16)22-10-8-15-7-5-6-9-21-15/h5-7,9,11-12,22H,4,8,10H2,1-3H3. The van der Waals surface area contributed by atoms with Gasteiger partial charge < -0.3 is 9.84 Å². The Morgan fingerprint density at radius 3 is 2.74 bits per heavy atom. The highest BCUT2D eigenvalue weighted by molar-refractivity contribution is 5.64. The van der Waals surface area contributed by atoms with E-state index in [4.69, 9.17) is 14.6 Å². The number of nitrogens with zero attached hydrogens (tertiary/aromatic N) is 5. The summed E-state index contributed by atoms with van der Waals surface area (Å²) in [5, 5.41) is 12.3. The second kappa shape index (κ2) is 7.19. The van der Waals surface area contributed by atoms with Crippen LogP contribution in [-0.4, -0.2) is 31.3 Å². The van der Waals surface area contributed by atoms with Crippen molar-refractivity contribution in [3.8, 4) is 11.4 Å². The summed E-state index contributed by atoms with van der Waals surface area (Å²) < 4.78 is 7.05. The molecular weight excluding hydrogens is 340 g/mol. The number of hydrogen-bond acceptors (Lipinski definition) is 6. The maximum atomic E-state index is 5.19. The minimum atomic E-state index is 0.716. The van der Waals surface area contributed by atoms with Crippen LogP contribution in [0.15, 0.2) is 41.1 Å². The molecule has 4 heterocycles.